The number of alkyl carbamates (subject to hydrolysis) is 1. The van der Waals surface area contributed by atoms with Crippen molar-refractivity contribution in [2.24, 2.45) is 0 Å². The van der Waals surface area contributed by atoms with Gasteiger partial charge < -0.3 is 10.1 Å². The summed E-state index contributed by atoms with van der Waals surface area (Å²) < 4.78 is 4.83. The molecule has 5 nitrogen and oxygen atoms in total. The van der Waals surface area contributed by atoms with E-state index in [-0.39, 0.29) is 6.54 Å². The lowest BCUT2D eigenvalue weighted by Gasteiger charge is -2.05. The molecule has 0 saturated heterocycles. The van der Waals surface area contributed by atoms with Crippen molar-refractivity contribution in [3.8, 4) is 0 Å². The van der Waals surface area contributed by atoms with Gasteiger partial charge in [-0.1, -0.05) is 30.3 Å². The van der Waals surface area contributed by atoms with Crippen LogP contribution in [0.15, 0.2) is 30.3 Å². The molecule has 1 aromatic carbocycles. The Hall–Kier alpha value is -2.04. The monoisotopic (exact) mass is 235 g/mol. The molecule has 2 amide bonds. The molecule has 0 fully saturated rings. The van der Waals surface area contributed by atoms with Crippen molar-refractivity contribution in [1.29, 1.82) is 0 Å². The van der Waals surface area contributed by atoms with Crippen LogP contribution in [0.1, 0.15) is 12.0 Å². The number of ether oxygens (including phenoxy) is 1. The molecule has 0 aliphatic heterocycles. The maximum atomic E-state index is 11.0. The fourth-order valence-electron chi connectivity index (χ4n) is 1.29. The van der Waals surface area contributed by atoms with E-state index >= 15 is 0 Å². The third-order valence-electron chi connectivity index (χ3n) is 2.08. The summed E-state index contributed by atoms with van der Waals surface area (Å²) in [6, 6.07) is 9.90. The number of aryl methyl sites for hydroxylation is 1. The van der Waals surface area contributed by atoms with Crippen molar-refractivity contribution >= 4 is 12.0 Å². The molecule has 0 aliphatic carbocycles. The summed E-state index contributed by atoms with van der Waals surface area (Å²) in [5.74, 6) is -0.841. The largest absolute Gasteiger partial charge is 0.450 e. The lowest BCUT2D eigenvalue weighted by Crippen LogP contribution is -2.30. The number of rotatable bonds is 6. The van der Waals surface area contributed by atoms with Crippen LogP contribution in [0.25, 0.3) is 0 Å². The van der Waals surface area contributed by atoms with E-state index in [4.69, 9.17) is 10.5 Å². The summed E-state index contributed by atoms with van der Waals surface area (Å²) in [6.07, 6.45) is 0.913. The summed E-state index contributed by atoms with van der Waals surface area (Å²) in [4.78, 5) is 21.2. The zero-order chi connectivity index (χ0) is 12.5. The molecule has 0 spiro atoms. The fraction of sp³-hybridized carbons (Fsp3) is 0.333. The third-order valence-corrected chi connectivity index (χ3v) is 2.08. The molecule has 17 heavy (non-hydrogen) atoms. The fourth-order valence-corrected chi connectivity index (χ4v) is 1.29. The predicted octanol–water partition coefficient (Wildman–Crippen LogP) is 1.15. The molecule has 2 N–H and O–H groups in total. The summed E-state index contributed by atoms with van der Waals surface area (Å²) in [6.45, 7) is -0.00949. The second-order valence-corrected chi connectivity index (χ2v) is 3.50. The summed E-state index contributed by atoms with van der Waals surface area (Å²) in [5.41, 5.74) is 7.78. The minimum atomic E-state index is -0.841. The standard InChI is InChI=1S/C12H15N2O3/c13-11(15)9-14-12(16)17-8-4-7-10-5-2-1-3-6-10/h1-3,5-6,13H,4,7-9H2,(H,14,16). The normalized spacial score (nSPS) is 9.65. The molecule has 1 radical (unpaired) electrons. The first-order valence-corrected chi connectivity index (χ1v) is 5.37. The van der Waals surface area contributed by atoms with Crippen LogP contribution >= 0.6 is 0 Å². The maximum Gasteiger partial charge on any atom is 0.407 e. The smallest absolute Gasteiger partial charge is 0.407 e. The molecular formula is C12H15N2O3. The average molecular weight is 235 g/mol. The van der Waals surface area contributed by atoms with Crippen LogP contribution in [0.2, 0.25) is 0 Å². The predicted molar refractivity (Wildman–Crippen MR) is 62.2 cm³/mol. The van der Waals surface area contributed by atoms with E-state index in [2.05, 4.69) is 5.32 Å². The van der Waals surface area contributed by atoms with Crippen molar-refractivity contribution in [1.82, 2.24) is 11.1 Å². The van der Waals surface area contributed by atoms with Crippen LogP contribution in [0, 0.1) is 0 Å². The van der Waals surface area contributed by atoms with Gasteiger partial charge in [0.15, 0.2) is 0 Å². The van der Waals surface area contributed by atoms with E-state index in [0.29, 0.717) is 6.61 Å². The highest BCUT2D eigenvalue weighted by atomic mass is 16.5. The van der Waals surface area contributed by atoms with Gasteiger partial charge in [-0.15, -0.1) is 0 Å². The van der Waals surface area contributed by atoms with Gasteiger partial charge in [0.25, 0.3) is 5.91 Å². The van der Waals surface area contributed by atoms with Gasteiger partial charge in [0.1, 0.15) is 6.54 Å². The Balaban J connectivity index is 2.08. The highest BCUT2D eigenvalue weighted by Gasteiger charge is 2.03. The minimum Gasteiger partial charge on any atom is -0.450 e. The molecule has 0 saturated carbocycles. The quantitative estimate of drug-likeness (QED) is 0.751. The molecule has 0 atom stereocenters. The molecule has 0 aliphatic rings. The van der Waals surface area contributed by atoms with Crippen LogP contribution in [-0.4, -0.2) is 25.2 Å². The summed E-state index contributed by atoms with van der Waals surface area (Å²) in [7, 11) is 0. The number of hydrogen-bond acceptors (Lipinski definition) is 3. The summed E-state index contributed by atoms with van der Waals surface area (Å²) >= 11 is 0. The topological polar surface area (TPSA) is 79.2 Å². The second-order valence-electron chi connectivity index (χ2n) is 3.50. The van der Waals surface area contributed by atoms with Crippen molar-refractivity contribution < 1.29 is 14.3 Å². The van der Waals surface area contributed by atoms with Crippen LogP contribution in [0.4, 0.5) is 4.79 Å². The first-order chi connectivity index (χ1) is 8.18. The van der Waals surface area contributed by atoms with Gasteiger partial charge in [-0.05, 0) is 18.4 Å². The lowest BCUT2D eigenvalue weighted by molar-refractivity contribution is -0.117. The molecule has 1 rings (SSSR count). The first-order valence-electron chi connectivity index (χ1n) is 5.37. The van der Waals surface area contributed by atoms with Crippen LogP contribution < -0.4 is 11.1 Å². The van der Waals surface area contributed by atoms with Gasteiger partial charge >= 0.3 is 6.09 Å². The van der Waals surface area contributed by atoms with Gasteiger partial charge in [-0.25, -0.2) is 4.79 Å². The Morgan fingerprint density at radius 3 is 2.59 bits per heavy atom. The molecule has 91 valence electrons. The molecular weight excluding hydrogens is 220 g/mol. The SMILES string of the molecule is [NH]C(=O)CNC(=O)OCCCc1ccccc1. The highest BCUT2D eigenvalue weighted by Crippen LogP contribution is 2.02. The van der Waals surface area contributed by atoms with E-state index in [0.717, 1.165) is 12.8 Å². The number of nitrogens with one attached hydrogen (secondary N) is 2. The number of benzene rings is 1. The Kier molecular flexibility index (Phi) is 5.57. The van der Waals surface area contributed by atoms with E-state index < -0.39 is 12.0 Å². The third kappa shape index (κ3) is 6.19. The van der Waals surface area contributed by atoms with Crippen molar-refractivity contribution in [3.05, 3.63) is 35.9 Å². The van der Waals surface area contributed by atoms with Gasteiger partial charge in [0, 0.05) is 0 Å². The maximum absolute atomic E-state index is 11.0. The average Bonchev–Trinajstić information content (AvgIpc) is 2.33. The summed E-state index contributed by atoms with van der Waals surface area (Å²) in [5, 5.41) is 2.18. The molecule has 0 bridgehead atoms. The Labute approximate surface area is 99.9 Å². The van der Waals surface area contributed by atoms with E-state index in [1.165, 1.54) is 5.56 Å². The van der Waals surface area contributed by atoms with Gasteiger partial charge in [0.2, 0.25) is 0 Å². The lowest BCUT2D eigenvalue weighted by atomic mass is 10.1. The molecule has 1 aromatic rings. The van der Waals surface area contributed by atoms with Gasteiger partial charge in [-0.3, -0.25) is 10.5 Å². The second kappa shape index (κ2) is 7.27. The van der Waals surface area contributed by atoms with Crippen LogP contribution in [0.3, 0.4) is 0 Å². The highest BCUT2D eigenvalue weighted by molar-refractivity contribution is 5.79. The Morgan fingerprint density at radius 2 is 1.94 bits per heavy atom. The van der Waals surface area contributed by atoms with Crippen molar-refractivity contribution in [2.45, 2.75) is 12.8 Å². The zero-order valence-corrected chi connectivity index (χ0v) is 9.44. The van der Waals surface area contributed by atoms with E-state index in [1.807, 2.05) is 30.3 Å². The Bertz CT molecular complexity index is 365. The molecule has 5 heteroatoms. The number of carbonyl (C=O) groups excluding carboxylic acids is 2. The van der Waals surface area contributed by atoms with Crippen molar-refractivity contribution in [3.63, 3.8) is 0 Å². The molecule has 0 aromatic heterocycles. The Morgan fingerprint density at radius 1 is 1.24 bits per heavy atom. The molecule has 0 heterocycles. The minimum absolute atomic E-state index is 0.299. The zero-order valence-electron chi connectivity index (χ0n) is 9.44. The number of carbonyl (C=O) groups is 2. The van der Waals surface area contributed by atoms with Crippen molar-refractivity contribution in [2.75, 3.05) is 13.2 Å². The van der Waals surface area contributed by atoms with E-state index in [1.54, 1.807) is 0 Å². The first kappa shape index (κ1) is 13.0. The number of amides is 2. The number of hydrogen-bond donors (Lipinski definition) is 1. The van der Waals surface area contributed by atoms with Crippen LogP contribution in [-0.2, 0) is 16.0 Å². The van der Waals surface area contributed by atoms with Gasteiger partial charge in [-0.2, -0.15) is 0 Å². The van der Waals surface area contributed by atoms with Crippen LogP contribution in [0.5, 0.6) is 0 Å². The van der Waals surface area contributed by atoms with Gasteiger partial charge in [0.05, 0.1) is 6.61 Å². The van der Waals surface area contributed by atoms with E-state index in [9.17, 15) is 9.59 Å². The molecule has 0 unspecified atom stereocenters.